The molecule has 0 bridgehead atoms. The average molecular weight is 292 g/mol. The van der Waals surface area contributed by atoms with E-state index in [1.54, 1.807) is 6.07 Å². The number of fused-ring (bicyclic) bond motifs is 1. The van der Waals surface area contributed by atoms with Crippen molar-refractivity contribution in [3.05, 3.63) is 58.6 Å². The molecule has 1 heterocycles. The lowest BCUT2D eigenvalue weighted by Gasteiger charge is -2.06. The summed E-state index contributed by atoms with van der Waals surface area (Å²) in [5, 5.41) is 19.7. The molecule has 0 fully saturated rings. The van der Waals surface area contributed by atoms with Gasteiger partial charge in [0.25, 0.3) is 5.69 Å². The average Bonchev–Trinajstić information content (AvgIpc) is 2.91. The Kier molecular flexibility index (Phi) is 3.54. The van der Waals surface area contributed by atoms with Gasteiger partial charge in [-0.05, 0) is 6.07 Å². The van der Waals surface area contributed by atoms with Gasteiger partial charge in [0.2, 0.25) is 0 Å². The van der Waals surface area contributed by atoms with Crippen LogP contribution in [0.15, 0.2) is 48.5 Å². The van der Waals surface area contributed by atoms with E-state index in [0.29, 0.717) is 24.3 Å². The molecule has 0 saturated heterocycles. The molecule has 6 nitrogen and oxygen atoms in total. The van der Waals surface area contributed by atoms with Crippen molar-refractivity contribution in [2.75, 3.05) is 0 Å². The molecule has 0 aliphatic heterocycles. The SMILES string of the molecule is N#CCCn1c(-c2ccccc2)nc2cc([N+](=O)[O-])ccc21. The highest BCUT2D eigenvalue weighted by molar-refractivity contribution is 5.82. The number of nitro benzene ring substituents is 1. The molecule has 0 saturated carbocycles. The smallest absolute Gasteiger partial charge is 0.271 e. The van der Waals surface area contributed by atoms with E-state index < -0.39 is 4.92 Å². The molecular formula is C16H12N4O2. The lowest BCUT2D eigenvalue weighted by molar-refractivity contribution is -0.384. The summed E-state index contributed by atoms with van der Waals surface area (Å²) in [7, 11) is 0. The summed E-state index contributed by atoms with van der Waals surface area (Å²) in [5.41, 5.74) is 2.28. The summed E-state index contributed by atoms with van der Waals surface area (Å²) in [6.07, 6.45) is 0.349. The maximum atomic E-state index is 10.9. The first-order valence-electron chi connectivity index (χ1n) is 6.78. The summed E-state index contributed by atoms with van der Waals surface area (Å²) < 4.78 is 1.93. The van der Waals surface area contributed by atoms with Crippen molar-refractivity contribution in [2.45, 2.75) is 13.0 Å². The van der Waals surface area contributed by atoms with Crippen molar-refractivity contribution >= 4 is 16.7 Å². The summed E-state index contributed by atoms with van der Waals surface area (Å²) >= 11 is 0. The minimum atomic E-state index is -0.435. The van der Waals surface area contributed by atoms with Gasteiger partial charge in [0.15, 0.2) is 0 Å². The van der Waals surface area contributed by atoms with Gasteiger partial charge in [-0.1, -0.05) is 30.3 Å². The number of hydrogen-bond acceptors (Lipinski definition) is 4. The van der Waals surface area contributed by atoms with Crippen LogP contribution in [0.5, 0.6) is 0 Å². The van der Waals surface area contributed by atoms with Crippen LogP contribution >= 0.6 is 0 Å². The minimum absolute atomic E-state index is 0.0112. The van der Waals surface area contributed by atoms with Gasteiger partial charge in [-0.3, -0.25) is 10.1 Å². The van der Waals surface area contributed by atoms with E-state index in [4.69, 9.17) is 5.26 Å². The fraction of sp³-hybridized carbons (Fsp3) is 0.125. The first kappa shape index (κ1) is 13.8. The van der Waals surface area contributed by atoms with Gasteiger partial charge < -0.3 is 4.57 Å². The molecule has 1 aromatic heterocycles. The first-order chi connectivity index (χ1) is 10.7. The third-order valence-electron chi connectivity index (χ3n) is 3.42. The molecule has 3 aromatic rings. The van der Waals surface area contributed by atoms with E-state index in [0.717, 1.165) is 11.1 Å². The minimum Gasteiger partial charge on any atom is -0.323 e. The monoisotopic (exact) mass is 292 g/mol. The summed E-state index contributed by atoms with van der Waals surface area (Å²) in [5.74, 6) is 0.714. The first-order valence-corrected chi connectivity index (χ1v) is 6.78. The number of hydrogen-bond donors (Lipinski definition) is 0. The van der Waals surface area contributed by atoms with E-state index in [1.165, 1.54) is 12.1 Å². The highest BCUT2D eigenvalue weighted by atomic mass is 16.6. The van der Waals surface area contributed by atoms with Crippen molar-refractivity contribution in [1.82, 2.24) is 9.55 Å². The standard InChI is InChI=1S/C16H12N4O2/c17-9-4-10-19-15-8-7-13(20(21)22)11-14(15)18-16(19)12-5-2-1-3-6-12/h1-3,5-8,11H,4,10H2. The van der Waals surface area contributed by atoms with Crippen LogP contribution in [-0.4, -0.2) is 14.5 Å². The van der Waals surface area contributed by atoms with Crippen LogP contribution in [0.1, 0.15) is 6.42 Å². The Bertz CT molecular complexity index is 878. The molecule has 0 aliphatic rings. The molecule has 6 heteroatoms. The van der Waals surface area contributed by atoms with E-state index in [2.05, 4.69) is 11.1 Å². The van der Waals surface area contributed by atoms with Crippen LogP contribution in [0.2, 0.25) is 0 Å². The molecule has 108 valence electrons. The van der Waals surface area contributed by atoms with Gasteiger partial charge in [-0.2, -0.15) is 5.26 Å². The predicted molar refractivity (Wildman–Crippen MR) is 82.1 cm³/mol. The Morgan fingerprint density at radius 1 is 1.23 bits per heavy atom. The fourth-order valence-corrected chi connectivity index (χ4v) is 2.43. The Balaban J connectivity index is 2.21. The predicted octanol–water partition coefficient (Wildman–Crippen LogP) is 3.53. The zero-order valence-corrected chi connectivity index (χ0v) is 11.6. The van der Waals surface area contributed by atoms with Crippen molar-refractivity contribution in [1.29, 1.82) is 5.26 Å². The molecule has 0 spiro atoms. The number of aromatic nitrogens is 2. The lowest BCUT2D eigenvalue weighted by Crippen LogP contribution is -2.00. The molecule has 0 atom stereocenters. The van der Waals surface area contributed by atoms with Gasteiger partial charge >= 0.3 is 0 Å². The van der Waals surface area contributed by atoms with E-state index in [1.807, 2.05) is 34.9 Å². The van der Waals surface area contributed by atoms with Crippen LogP contribution in [0, 0.1) is 21.4 Å². The molecule has 0 aliphatic carbocycles. The third kappa shape index (κ3) is 2.40. The van der Waals surface area contributed by atoms with Crippen LogP contribution < -0.4 is 0 Å². The van der Waals surface area contributed by atoms with Crippen molar-refractivity contribution in [3.63, 3.8) is 0 Å². The second-order valence-corrected chi connectivity index (χ2v) is 4.79. The van der Waals surface area contributed by atoms with Crippen molar-refractivity contribution in [2.24, 2.45) is 0 Å². The van der Waals surface area contributed by atoms with E-state index in [-0.39, 0.29) is 5.69 Å². The van der Waals surface area contributed by atoms with Gasteiger partial charge in [-0.15, -0.1) is 0 Å². The Morgan fingerprint density at radius 2 is 2.00 bits per heavy atom. The van der Waals surface area contributed by atoms with Crippen LogP contribution in [0.3, 0.4) is 0 Å². The Hall–Kier alpha value is -3.20. The molecule has 2 aromatic carbocycles. The maximum Gasteiger partial charge on any atom is 0.271 e. The molecule has 22 heavy (non-hydrogen) atoms. The summed E-state index contributed by atoms with van der Waals surface area (Å²) in [4.78, 5) is 15.0. The van der Waals surface area contributed by atoms with Gasteiger partial charge in [0, 0.05) is 24.2 Å². The normalized spacial score (nSPS) is 10.5. The molecular weight excluding hydrogens is 280 g/mol. The molecule has 3 rings (SSSR count). The summed E-state index contributed by atoms with van der Waals surface area (Å²) in [6.45, 7) is 0.495. The highest BCUT2D eigenvalue weighted by Gasteiger charge is 2.15. The number of nitriles is 1. The van der Waals surface area contributed by atoms with Crippen LogP contribution in [0.25, 0.3) is 22.4 Å². The zero-order valence-electron chi connectivity index (χ0n) is 11.6. The number of rotatable bonds is 4. The third-order valence-corrected chi connectivity index (χ3v) is 3.42. The number of benzene rings is 2. The topological polar surface area (TPSA) is 84.8 Å². The molecule has 0 N–H and O–H groups in total. The number of non-ortho nitro benzene ring substituents is 1. The molecule has 0 unspecified atom stereocenters. The number of nitrogens with zero attached hydrogens (tertiary/aromatic N) is 4. The van der Waals surface area contributed by atoms with Crippen LogP contribution in [0.4, 0.5) is 5.69 Å². The Labute approximate surface area is 126 Å². The molecule has 0 radical (unpaired) electrons. The Morgan fingerprint density at radius 3 is 2.68 bits per heavy atom. The second-order valence-electron chi connectivity index (χ2n) is 4.79. The highest BCUT2D eigenvalue weighted by Crippen LogP contribution is 2.27. The lowest BCUT2D eigenvalue weighted by atomic mass is 10.2. The van der Waals surface area contributed by atoms with Gasteiger partial charge in [0.1, 0.15) is 5.82 Å². The van der Waals surface area contributed by atoms with Crippen molar-refractivity contribution < 1.29 is 4.92 Å². The number of imidazole rings is 1. The largest absolute Gasteiger partial charge is 0.323 e. The van der Waals surface area contributed by atoms with E-state index >= 15 is 0 Å². The van der Waals surface area contributed by atoms with E-state index in [9.17, 15) is 10.1 Å². The van der Waals surface area contributed by atoms with Crippen molar-refractivity contribution in [3.8, 4) is 17.5 Å². The maximum absolute atomic E-state index is 10.9. The quantitative estimate of drug-likeness (QED) is 0.544. The van der Waals surface area contributed by atoms with Crippen LogP contribution in [-0.2, 0) is 6.54 Å². The van der Waals surface area contributed by atoms with Gasteiger partial charge in [-0.25, -0.2) is 4.98 Å². The molecule has 0 amide bonds. The fourth-order valence-electron chi connectivity index (χ4n) is 2.43. The number of aryl methyl sites for hydroxylation is 1. The second kappa shape index (κ2) is 5.66. The summed E-state index contributed by atoms with van der Waals surface area (Å²) in [6, 6.07) is 16.3. The zero-order chi connectivity index (χ0) is 15.5. The van der Waals surface area contributed by atoms with Gasteiger partial charge in [0.05, 0.1) is 28.4 Å². The number of nitro groups is 1.